The van der Waals surface area contributed by atoms with Crippen molar-refractivity contribution in [3.63, 3.8) is 0 Å². The van der Waals surface area contributed by atoms with E-state index in [0.29, 0.717) is 32.4 Å². The predicted octanol–water partition coefficient (Wildman–Crippen LogP) is 5.22. The number of hydrogen-bond donors (Lipinski definition) is 9. The summed E-state index contributed by atoms with van der Waals surface area (Å²) in [5.41, 5.74) is -1.71. The van der Waals surface area contributed by atoms with Crippen LogP contribution in [0.4, 0.5) is 0 Å². The molecule has 2 saturated heterocycles. The summed E-state index contributed by atoms with van der Waals surface area (Å²) < 4.78 is 0. The zero-order valence-electron chi connectivity index (χ0n) is 61.0. The molecule has 6 fully saturated rings. The van der Waals surface area contributed by atoms with Gasteiger partial charge in [0.1, 0.15) is 47.6 Å². The first-order chi connectivity index (χ1) is 47.3. The molecule has 0 radical (unpaired) electrons. The third-order valence-corrected chi connectivity index (χ3v) is 21.7. The van der Waals surface area contributed by atoms with Crippen molar-refractivity contribution in [2.75, 3.05) is 26.2 Å². The van der Waals surface area contributed by atoms with Gasteiger partial charge in [-0.2, -0.15) is 0 Å². The number of fused-ring (bicyclic) bond motifs is 2. The molecule has 4 heterocycles. The van der Waals surface area contributed by atoms with Crippen LogP contribution in [0.3, 0.4) is 0 Å². The number of ketones is 1. The van der Waals surface area contributed by atoms with Gasteiger partial charge in [-0.05, 0) is 95.7 Å². The Kier molecular flexibility index (Phi) is 27.4. The highest BCUT2D eigenvalue weighted by atomic mass is 16.3. The number of likely N-dealkylation sites (tertiary alicyclic amines) is 2. The minimum atomic E-state index is -1.48. The molecule has 9 N–H and O–H groups in total. The highest BCUT2D eigenvalue weighted by molar-refractivity contribution is 6.38. The van der Waals surface area contributed by atoms with E-state index in [0.717, 1.165) is 77.0 Å². The van der Waals surface area contributed by atoms with Gasteiger partial charge in [0.2, 0.25) is 41.2 Å². The topological polar surface area (TPSA) is 362 Å². The van der Waals surface area contributed by atoms with Crippen molar-refractivity contribution in [2.45, 2.75) is 240 Å². The fraction of sp³-hybridized carbons (Fsp3) is 0.689. The fourth-order valence-electron chi connectivity index (χ4n) is 15.5. The first-order valence-corrected chi connectivity index (χ1v) is 36.2. The van der Waals surface area contributed by atoms with Gasteiger partial charge >= 0.3 is 0 Å². The maximum Gasteiger partial charge on any atom is 0.289 e. The number of nitrogens with zero attached hydrogens (tertiary/aromatic N) is 6. The highest BCUT2D eigenvalue weighted by Crippen LogP contribution is 2.66. The molecule has 13 atom stereocenters. The van der Waals surface area contributed by atoms with Gasteiger partial charge in [0.05, 0.1) is 24.5 Å². The number of aliphatic hydroxyl groups excluding tert-OH is 1. The Bertz CT molecular complexity index is 3250. The summed E-state index contributed by atoms with van der Waals surface area (Å²) in [6.45, 7) is 31.5. The largest absolute Gasteiger partial charge is 0.381 e. The average molecular weight is 1390 g/mol. The number of carbonyl (C=O) groups excluding carboxylic acids is 11. The number of rotatable bonds is 30. The number of hydrogen-bond acceptors (Lipinski definition) is 16. The third-order valence-electron chi connectivity index (χ3n) is 21.7. The van der Waals surface area contributed by atoms with Gasteiger partial charge in [-0.25, -0.2) is 9.97 Å². The molecule has 4 aliphatic carbocycles. The molecule has 0 aromatic carbocycles. The Hall–Kier alpha value is -8.03. The second-order valence-corrected chi connectivity index (χ2v) is 31.6. The first kappa shape index (κ1) is 79.3. The van der Waals surface area contributed by atoms with Crippen molar-refractivity contribution in [2.24, 2.45) is 57.2 Å². The monoisotopic (exact) mass is 1390 g/mol. The number of amides is 10. The van der Waals surface area contributed by atoms with Crippen LogP contribution >= 0.6 is 0 Å². The fourth-order valence-corrected chi connectivity index (χ4v) is 15.5. The quantitative estimate of drug-likeness (QED) is 0.0357. The molecule has 10 amide bonds. The molecule has 2 aromatic rings. The van der Waals surface area contributed by atoms with Crippen molar-refractivity contribution >= 4 is 64.9 Å². The van der Waals surface area contributed by atoms with Crippen LogP contribution in [0.2, 0.25) is 0 Å². The predicted molar refractivity (Wildman–Crippen MR) is 375 cm³/mol. The summed E-state index contributed by atoms with van der Waals surface area (Å²) in [5, 5.41) is 33.6. The van der Waals surface area contributed by atoms with Crippen molar-refractivity contribution in [3.8, 4) is 0 Å². The number of piperidine rings is 2. The second-order valence-electron chi connectivity index (χ2n) is 31.6. The molecule has 100 heavy (non-hydrogen) atoms. The van der Waals surface area contributed by atoms with Crippen molar-refractivity contribution < 1.29 is 57.8 Å². The molecule has 4 saturated carbocycles. The average Bonchev–Trinajstić information content (AvgIpc) is 1.53. The molecule has 550 valence electrons. The van der Waals surface area contributed by atoms with E-state index in [1.165, 1.54) is 49.3 Å². The van der Waals surface area contributed by atoms with Gasteiger partial charge in [0, 0.05) is 51.0 Å². The van der Waals surface area contributed by atoms with Gasteiger partial charge in [0.15, 0.2) is 6.10 Å². The number of Topliss-reactive ketones (excluding diaryl/α,β-unsaturated/α-hetero) is 1. The van der Waals surface area contributed by atoms with E-state index in [1.807, 2.05) is 55.4 Å². The Morgan fingerprint density at radius 1 is 0.560 bits per heavy atom. The van der Waals surface area contributed by atoms with Crippen molar-refractivity contribution in [1.82, 2.24) is 72.3 Å². The zero-order valence-corrected chi connectivity index (χ0v) is 61.0. The minimum Gasteiger partial charge on any atom is -0.381 e. The molecule has 8 rings (SSSR count). The molecule has 2 aromatic heterocycles. The highest BCUT2D eigenvalue weighted by Gasteiger charge is 2.71. The van der Waals surface area contributed by atoms with Gasteiger partial charge in [-0.1, -0.05) is 159 Å². The van der Waals surface area contributed by atoms with E-state index in [4.69, 9.17) is 0 Å². The maximum atomic E-state index is 14.6. The molecule has 6 aliphatic rings. The molecule has 0 bridgehead atoms. The van der Waals surface area contributed by atoms with Gasteiger partial charge in [0.25, 0.3) is 23.6 Å². The van der Waals surface area contributed by atoms with E-state index in [2.05, 4.69) is 103 Å². The van der Waals surface area contributed by atoms with E-state index >= 15 is 0 Å². The van der Waals surface area contributed by atoms with Crippen LogP contribution in [0.5, 0.6) is 0 Å². The van der Waals surface area contributed by atoms with Crippen LogP contribution in [0, 0.1) is 57.2 Å². The summed E-state index contributed by atoms with van der Waals surface area (Å²) in [5.74, 6) is -6.20. The standard InChI is InChI=1S/C37H57N7O6.C37H55N7O6/c2*1-8-10-16-24(29(45)34(49)40-17-9-2)41-33(48)28-26-23(37(26,6)7)21-44(28)35(50)30(36(3,4)5)43-32(47)27(22-14-12-11-13-15-22)42-31(46)25-20-38-18-19-39-25/h9,18-20,22-24,26-30,45H,2,8,10-17,21H2,1,3-7H3,(H,40,49)(H,41,48)(H,42,46)(H,43,47);9,18-20,22-24,26-28,30H,2,8,10-17,21H2,1,3-7H3,(H,40,49)(H,41,48)(H,42,46)(H,43,47)/t23-,24?,26-,27-,28-,29?,30+;23-,24?,26-,27-,28-,30+/m00/s1. The normalized spacial score (nSPS) is 23.4. The van der Waals surface area contributed by atoms with Crippen molar-refractivity contribution in [3.05, 3.63) is 73.9 Å². The smallest absolute Gasteiger partial charge is 0.289 e. The molecular weight excluding hydrogens is 1280 g/mol. The van der Waals surface area contributed by atoms with Crippen molar-refractivity contribution in [1.29, 1.82) is 0 Å². The third kappa shape index (κ3) is 19.3. The summed E-state index contributed by atoms with van der Waals surface area (Å²) in [6.07, 6.45) is 22.3. The molecule has 3 unspecified atom stereocenters. The van der Waals surface area contributed by atoms with Crippen LogP contribution < -0.4 is 42.5 Å². The number of carbonyl (C=O) groups is 11. The van der Waals surface area contributed by atoms with Crippen LogP contribution in [-0.4, -0.2) is 180 Å². The van der Waals surface area contributed by atoms with E-state index < -0.39 is 124 Å². The summed E-state index contributed by atoms with van der Waals surface area (Å²) >= 11 is 0. The number of aromatic nitrogens is 4. The maximum absolute atomic E-state index is 14.6. The minimum absolute atomic E-state index is 0.0560. The lowest BCUT2D eigenvalue weighted by Gasteiger charge is -2.39. The molecule has 26 heteroatoms. The lowest BCUT2D eigenvalue weighted by Crippen LogP contribution is -2.63. The SMILES string of the molecule is C=CCNC(=O)C(=O)C(CCCC)NC(=O)[C@@H]1[C@@H]2[C@H](CN1C(=O)[C@@H](NC(=O)[C@@H](NC(=O)c1cnccn1)C1CCCCC1)C(C)(C)C)C2(C)C.C=CCNC(=O)C(O)C(CCCC)NC(=O)[C@@H]1[C@@H]2[C@H](CN1C(=O)[C@@H](NC(=O)[C@@H](NC(=O)c1cnccn1)C1CCCCC1)C(C)(C)C)C2(C)C. The van der Waals surface area contributed by atoms with Crippen LogP contribution in [0.15, 0.2) is 62.5 Å². The zero-order chi connectivity index (χ0) is 73.6. The summed E-state index contributed by atoms with van der Waals surface area (Å²) in [6, 6.07) is -7.44. The van der Waals surface area contributed by atoms with Gasteiger partial charge in [-0.15, -0.1) is 13.2 Å². The molecule has 26 nitrogen and oxygen atoms in total. The summed E-state index contributed by atoms with van der Waals surface area (Å²) in [4.78, 5) is 170. The van der Waals surface area contributed by atoms with E-state index in [9.17, 15) is 57.8 Å². The second kappa shape index (κ2) is 34.6. The van der Waals surface area contributed by atoms with Gasteiger partial charge in [-0.3, -0.25) is 62.7 Å². The lowest BCUT2D eigenvalue weighted by molar-refractivity contribution is -0.147. The molecule has 0 spiro atoms. The van der Waals surface area contributed by atoms with E-state index in [-0.39, 0.29) is 83.1 Å². The Labute approximate surface area is 590 Å². The number of unbranched alkanes of at least 4 members (excludes halogenated alkanes) is 2. The van der Waals surface area contributed by atoms with E-state index in [1.54, 1.807) is 9.80 Å². The van der Waals surface area contributed by atoms with Crippen LogP contribution in [0.25, 0.3) is 0 Å². The number of aliphatic hydroxyl groups is 1. The first-order valence-electron chi connectivity index (χ1n) is 36.2. The Morgan fingerprint density at radius 2 is 0.970 bits per heavy atom. The molecule has 2 aliphatic heterocycles. The molecular formula is C74H112N14O12. The number of nitrogens with one attached hydrogen (secondary N) is 8. The Balaban J connectivity index is 0.000000281. The van der Waals surface area contributed by atoms with Crippen LogP contribution in [-0.2, 0) is 43.2 Å². The lowest BCUT2D eigenvalue weighted by atomic mass is 9.82. The summed E-state index contributed by atoms with van der Waals surface area (Å²) in [7, 11) is 0. The van der Waals surface area contributed by atoms with Crippen LogP contribution in [0.1, 0.15) is 207 Å². The van der Waals surface area contributed by atoms with Gasteiger partial charge < -0.3 is 57.4 Å². The Morgan fingerprint density at radius 3 is 1.36 bits per heavy atom.